The van der Waals surface area contributed by atoms with Crippen molar-refractivity contribution in [2.75, 3.05) is 25.1 Å². The molecule has 0 saturated carbocycles. The molecule has 0 rings (SSSR count). The summed E-state index contributed by atoms with van der Waals surface area (Å²) < 4.78 is 0. The molecule has 0 aliphatic rings. The minimum atomic E-state index is 0.100. The van der Waals surface area contributed by atoms with Gasteiger partial charge in [0, 0.05) is 12.6 Å². The first-order chi connectivity index (χ1) is 7.10. The minimum Gasteiger partial charge on any atom is -0.355 e. The summed E-state index contributed by atoms with van der Waals surface area (Å²) in [5, 5.41) is 6.10. The Morgan fingerprint density at radius 3 is 2.60 bits per heavy atom. The van der Waals surface area contributed by atoms with Gasteiger partial charge >= 0.3 is 0 Å². The maximum absolute atomic E-state index is 11.4. The van der Waals surface area contributed by atoms with Gasteiger partial charge in [-0.25, -0.2) is 0 Å². The summed E-state index contributed by atoms with van der Waals surface area (Å²) in [6.45, 7) is 7.56. The van der Waals surface area contributed by atoms with E-state index in [9.17, 15) is 4.79 Å². The van der Waals surface area contributed by atoms with Crippen LogP contribution in [0.4, 0.5) is 0 Å². The van der Waals surface area contributed by atoms with Crippen molar-refractivity contribution < 1.29 is 4.79 Å². The summed E-state index contributed by atoms with van der Waals surface area (Å²) in [5.41, 5.74) is 0. The van der Waals surface area contributed by atoms with Crippen molar-refractivity contribution in [2.45, 2.75) is 33.2 Å². The van der Waals surface area contributed by atoms with Crippen LogP contribution in [0.3, 0.4) is 0 Å². The van der Waals surface area contributed by atoms with Crippen LogP contribution in [0.1, 0.15) is 27.2 Å². The minimum absolute atomic E-state index is 0.100. The summed E-state index contributed by atoms with van der Waals surface area (Å²) in [6, 6.07) is 0.416. The van der Waals surface area contributed by atoms with Crippen molar-refractivity contribution >= 4 is 17.7 Å². The molecule has 0 saturated heterocycles. The second-order valence-electron chi connectivity index (χ2n) is 4.05. The van der Waals surface area contributed by atoms with Crippen molar-refractivity contribution in [1.29, 1.82) is 0 Å². The maximum atomic E-state index is 11.4. The molecule has 2 unspecified atom stereocenters. The van der Waals surface area contributed by atoms with Crippen molar-refractivity contribution in [3.8, 4) is 0 Å². The van der Waals surface area contributed by atoms with Crippen LogP contribution in [-0.2, 0) is 4.79 Å². The van der Waals surface area contributed by atoms with Gasteiger partial charge in [-0.3, -0.25) is 4.79 Å². The summed E-state index contributed by atoms with van der Waals surface area (Å²) in [7, 11) is 0. The van der Waals surface area contributed by atoms with E-state index in [0.29, 0.717) is 18.5 Å². The molecule has 2 atom stereocenters. The van der Waals surface area contributed by atoms with E-state index >= 15 is 0 Å². The standard InChI is InChI=1S/C11H24N2OS/c1-5-10(3)12-7-11(14)13-6-9(2)8-15-4/h9-10,12H,5-8H2,1-4H3,(H,13,14). The van der Waals surface area contributed by atoms with Crippen LogP contribution in [0.2, 0.25) is 0 Å². The molecule has 0 heterocycles. The van der Waals surface area contributed by atoms with Crippen LogP contribution < -0.4 is 10.6 Å². The Morgan fingerprint density at radius 1 is 1.40 bits per heavy atom. The van der Waals surface area contributed by atoms with Gasteiger partial charge in [-0.15, -0.1) is 0 Å². The van der Waals surface area contributed by atoms with Gasteiger partial charge in [0.15, 0.2) is 0 Å². The molecule has 0 fully saturated rings. The zero-order valence-corrected chi connectivity index (χ0v) is 11.1. The Hall–Kier alpha value is -0.220. The topological polar surface area (TPSA) is 41.1 Å². The first kappa shape index (κ1) is 14.8. The number of nitrogens with one attached hydrogen (secondary N) is 2. The molecule has 0 spiro atoms. The number of hydrogen-bond acceptors (Lipinski definition) is 3. The first-order valence-corrected chi connectivity index (χ1v) is 6.98. The number of amides is 1. The fourth-order valence-electron chi connectivity index (χ4n) is 1.11. The van der Waals surface area contributed by atoms with Gasteiger partial charge in [-0.2, -0.15) is 11.8 Å². The van der Waals surface area contributed by atoms with Gasteiger partial charge in [0.05, 0.1) is 6.54 Å². The number of thioether (sulfide) groups is 1. The van der Waals surface area contributed by atoms with Crippen molar-refractivity contribution in [3.63, 3.8) is 0 Å². The zero-order chi connectivity index (χ0) is 11.7. The second kappa shape index (κ2) is 9.04. The summed E-state index contributed by atoms with van der Waals surface area (Å²) in [5.74, 6) is 1.75. The number of carbonyl (C=O) groups excluding carboxylic acids is 1. The van der Waals surface area contributed by atoms with Gasteiger partial charge in [-0.1, -0.05) is 13.8 Å². The molecule has 0 aromatic heterocycles. The van der Waals surface area contributed by atoms with Crippen LogP contribution in [0.15, 0.2) is 0 Å². The molecular weight excluding hydrogens is 208 g/mol. The molecule has 2 N–H and O–H groups in total. The molecule has 1 amide bonds. The van der Waals surface area contributed by atoms with E-state index in [1.165, 1.54) is 0 Å². The Kier molecular flexibility index (Phi) is 8.91. The molecule has 0 aromatic rings. The van der Waals surface area contributed by atoms with Gasteiger partial charge < -0.3 is 10.6 Å². The van der Waals surface area contributed by atoms with Gasteiger partial charge in [0.25, 0.3) is 0 Å². The molecule has 0 aliphatic heterocycles. The van der Waals surface area contributed by atoms with Crippen LogP contribution >= 0.6 is 11.8 Å². The third-order valence-corrected chi connectivity index (χ3v) is 3.22. The fraction of sp³-hybridized carbons (Fsp3) is 0.909. The Morgan fingerprint density at radius 2 is 2.07 bits per heavy atom. The van der Waals surface area contributed by atoms with Crippen molar-refractivity contribution in [2.24, 2.45) is 5.92 Å². The summed E-state index contributed by atoms with van der Waals surface area (Å²) in [6.07, 6.45) is 3.14. The average molecular weight is 232 g/mol. The molecule has 0 bridgehead atoms. The predicted octanol–water partition coefficient (Wildman–Crippen LogP) is 1.49. The van der Waals surface area contributed by atoms with E-state index < -0.39 is 0 Å². The lowest BCUT2D eigenvalue weighted by Gasteiger charge is -2.13. The summed E-state index contributed by atoms with van der Waals surface area (Å²) >= 11 is 1.82. The fourth-order valence-corrected chi connectivity index (χ4v) is 1.79. The van der Waals surface area contributed by atoms with E-state index in [4.69, 9.17) is 0 Å². The average Bonchev–Trinajstić information content (AvgIpc) is 2.23. The molecule has 90 valence electrons. The van der Waals surface area contributed by atoms with Crippen LogP contribution in [0.5, 0.6) is 0 Å². The third-order valence-electron chi connectivity index (χ3n) is 2.32. The third kappa shape index (κ3) is 8.75. The highest BCUT2D eigenvalue weighted by molar-refractivity contribution is 7.98. The lowest BCUT2D eigenvalue weighted by atomic mass is 10.2. The SMILES string of the molecule is CCC(C)NCC(=O)NCC(C)CSC. The van der Waals surface area contributed by atoms with E-state index in [2.05, 4.69) is 37.7 Å². The zero-order valence-electron chi connectivity index (χ0n) is 10.3. The predicted molar refractivity (Wildman–Crippen MR) is 68.3 cm³/mol. The molecule has 0 aliphatic carbocycles. The molecule has 15 heavy (non-hydrogen) atoms. The molecular formula is C11H24N2OS. The molecule has 3 nitrogen and oxygen atoms in total. The number of hydrogen-bond donors (Lipinski definition) is 2. The number of carbonyl (C=O) groups is 1. The van der Waals surface area contributed by atoms with Crippen molar-refractivity contribution in [3.05, 3.63) is 0 Å². The van der Waals surface area contributed by atoms with Crippen LogP contribution in [-0.4, -0.2) is 37.0 Å². The highest BCUT2D eigenvalue weighted by Crippen LogP contribution is 2.02. The lowest BCUT2D eigenvalue weighted by Crippen LogP contribution is -2.39. The van der Waals surface area contributed by atoms with E-state index in [0.717, 1.165) is 18.7 Å². The highest BCUT2D eigenvalue weighted by atomic mass is 32.2. The van der Waals surface area contributed by atoms with Crippen LogP contribution in [0, 0.1) is 5.92 Å². The molecule has 0 aromatic carbocycles. The molecule has 0 radical (unpaired) electrons. The summed E-state index contributed by atoms with van der Waals surface area (Å²) in [4.78, 5) is 11.4. The first-order valence-electron chi connectivity index (χ1n) is 5.59. The van der Waals surface area contributed by atoms with E-state index in [-0.39, 0.29) is 5.91 Å². The monoisotopic (exact) mass is 232 g/mol. The number of rotatable bonds is 8. The second-order valence-corrected chi connectivity index (χ2v) is 4.97. The van der Waals surface area contributed by atoms with Crippen molar-refractivity contribution in [1.82, 2.24) is 10.6 Å². The Labute approximate surface area is 97.8 Å². The van der Waals surface area contributed by atoms with Gasteiger partial charge in [0.1, 0.15) is 0 Å². The lowest BCUT2D eigenvalue weighted by molar-refractivity contribution is -0.120. The Balaban J connectivity index is 3.48. The Bertz CT molecular complexity index is 176. The maximum Gasteiger partial charge on any atom is 0.233 e. The van der Waals surface area contributed by atoms with Crippen LogP contribution in [0.25, 0.3) is 0 Å². The largest absolute Gasteiger partial charge is 0.355 e. The van der Waals surface area contributed by atoms with E-state index in [1.807, 2.05) is 11.8 Å². The highest BCUT2D eigenvalue weighted by Gasteiger charge is 2.05. The van der Waals surface area contributed by atoms with Gasteiger partial charge in [0.2, 0.25) is 5.91 Å². The molecule has 4 heteroatoms. The normalized spacial score (nSPS) is 14.7. The van der Waals surface area contributed by atoms with Gasteiger partial charge in [-0.05, 0) is 31.3 Å². The smallest absolute Gasteiger partial charge is 0.233 e. The van der Waals surface area contributed by atoms with E-state index in [1.54, 1.807) is 0 Å². The quantitative estimate of drug-likeness (QED) is 0.666.